The fourth-order valence-electron chi connectivity index (χ4n) is 1.53. The Hall–Kier alpha value is -1.12. The summed E-state index contributed by atoms with van der Waals surface area (Å²) in [5.74, 6) is -0.383. The summed E-state index contributed by atoms with van der Waals surface area (Å²) < 4.78 is 4.56. The first-order valence-corrected chi connectivity index (χ1v) is 4.06. The smallest absolute Gasteiger partial charge is 0.323 e. The van der Waals surface area contributed by atoms with Crippen LogP contribution in [0.3, 0.4) is 0 Å². The molecule has 0 aromatic rings. The summed E-state index contributed by atoms with van der Waals surface area (Å²) in [5, 5.41) is 17.7. The van der Waals surface area contributed by atoms with Crippen molar-refractivity contribution >= 4 is 5.97 Å². The predicted octanol–water partition coefficient (Wildman–Crippen LogP) is -0.882. The van der Waals surface area contributed by atoms with Crippen LogP contribution in [-0.4, -0.2) is 48.3 Å². The third-order valence-corrected chi connectivity index (χ3v) is 2.13. The van der Waals surface area contributed by atoms with Crippen LogP contribution in [-0.2, 0) is 9.53 Å². The Balaban J connectivity index is 2.61. The highest BCUT2D eigenvalue weighted by Crippen LogP contribution is 2.17. The van der Waals surface area contributed by atoms with Crippen LogP contribution in [0.2, 0.25) is 0 Å². The van der Waals surface area contributed by atoms with Gasteiger partial charge < -0.3 is 9.84 Å². The summed E-state index contributed by atoms with van der Waals surface area (Å²) >= 11 is 0. The van der Waals surface area contributed by atoms with E-state index in [9.17, 15) is 9.90 Å². The topological polar surface area (TPSA) is 73.6 Å². The molecule has 0 aliphatic carbocycles. The Labute approximate surface area is 76.5 Å². The Morgan fingerprint density at radius 2 is 2.54 bits per heavy atom. The summed E-state index contributed by atoms with van der Waals surface area (Å²) in [4.78, 5) is 12.8. The molecular formula is C8H12N2O3. The zero-order valence-corrected chi connectivity index (χ0v) is 7.43. The first kappa shape index (κ1) is 9.96. The van der Waals surface area contributed by atoms with Gasteiger partial charge in [-0.05, 0) is 0 Å². The minimum Gasteiger partial charge on any atom is -0.468 e. The van der Waals surface area contributed by atoms with Crippen molar-refractivity contribution in [2.75, 3.05) is 20.2 Å². The number of β-amino-alcohol motifs (C(OH)–C–C–N with tert-alkyl or cyclic N) is 1. The lowest BCUT2D eigenvalue weighted by Crippen LogP contribution is -2.37. The van der Waals surface area contributed by atoms with Crippen molar-refractivity contribution in [1.29, 1.82) is 5.26 Å². The van der Waals surface area contributed by atoms with E-state index in [1.54, 1.807) is 4.90 Å². The number of ether oxygens (including phenoxy) is 1. The number of methoxy groups -OCH3 is 1. The average Bonchev–Trinajstić information content (AvgIpc) is 2.46. The number of nitriles is 1. The molecule has 5 nitrogen and oxygen atoms in total. The van der Waals surface area contributed by atoms with Crippen molar-refractivity contribution in [2.45, 2.75) is 18.6 Å². The largest absolute Gasteiger partial charge is 0.468 e. The summed E-state index contributed by atoms with van der Waals surface area (Å²) in [7, 11) is 1.30. The Morgan fingerprint density at radius 1 is 1.85 bits per heavy atom. The van der Waals surface area contributed by atoms with Gasteiger partial charge in [0, 0.05) is 13.0 Å². The van der Waals surface area contributed by atoms with Crippen molar-refractivity contribution in [3.8, 4) is 6.07 Å². The molecule has 5 heteroatoms. The second-order valence-electron chi connectivity index (χ2n) is 3.02. The van der Waals surface area contributed by atoms with Crippen LogP contribution in [0.15, 0.2) is 0 Å². The second-order valence-corrected chi connectivity index (χ2v) is 3.02. The highest BCUT2D eigenvalue weighted by atomic mass is 16.5. The van der Waals surface area contributed by atoms with E-state index in [1.165, 1.54) is 7.11 Å². The van der Waals surface area contributed by atoms with E-state index in [2.05, 4.69) is 4.74 Å². The molecule has 0 bridgehead atoms. The molecular weight excluding hydrogens is 172 g/mol. The van der Waals surface area contributed by atoms with E-state index in [1.807, 2.05) is 6.07 Å². The molecule has 1 saturated heterocycles. The van der Waals surface area contributed by atoms with Crippen LogP contribution in [0.1, 0.15) is 6.42 Å². The van der Waals surface area contributed by atoms with Gasteiger partial charge in [0.25, 0.3) is 0 Å². The number of nitrogens with zero attached hydrogens (tertiary/aromatic N) is 2. The molecule has 1 heterocycles. The van der Waals surface area contributed by atoms with Gasteiger partial charge in [-0.25, -0.2) is 0 Å². The molecule has 0 spiro atoms. The van der Waals surface area contributed by atoms with E-state index in [-0.39, 0.29) is 12.5 Å². The summed E-state index contributed by atoms with van der Waals surface area (Å²) in [5.41, 5.74) is 0. The van der Waals surface area contributed by atoms with Crippen LogP contribution in [0.25, 0.3) is 0 Å². The van der Waals surface area contributed by atoms with Crippen molar-refractivity contribution in [3.05, 3.63) is 0 Å². The number of carbonyl (C=O) groups excluding carboxylic acids is 1. The highest BCUT2D eigenvalue weighted by molar-refractivity contribution is 5.76. The van der Waals surface area contributed by atoms with Gasteiger partial charge in [0.1, 0.15) is 6.04 Å². The molecule has 1 fully saturated rings. The van der Waals surface area contributed by atoms with Crippen molar-refractivity contribution < 1.29 is 14.6 Å². The SMILES string of the molecule is COC(=O)C1CC(O)CN1CC#N. The van der Waals surface area contributed by atoms with Crippen LogP contribution in [0, 0.1) is 11.3 Å². The van der Waals surface area contributed by atoms with Crippen LogP contribution in [0.5, 0.6) is 0 Å². The third kappa shape index (κ3) is 2.17. The predicted molar refractivity (Wildman–Crippen MR) is 43.6 cm³/mol. The summed E-state index contributed by atoms with van der Waals surface area (Å²) in [6.07, 6.45) is -0.175. The van der Waals surface area contributed by atoms with Gasteiger partial charge in [0.05, 0.1) is 25.8 Å². The zero-order valence-electron chi connectivity index (χ0n) is 7.43. The molecule has 13 heavy (non-hydrogen) atoms. The lowest BCUT2D eigenvalue weighted by atomic mass is 10.2. The van der Waals surface area contributed by atoms with E-state index in [0.717, 1.165) is 0 Å². The van der Waals surface area contributed by atoms with Crippen molar-refractivity contribution in [1.82, 2.24) is 4.90 Å². The quantitative estimate of drug-likeness (QED) is 0.445. The lowest BCUT2D eigenvalue weighted by molar-refractivity contribution is -0.145. The fraction of sp³-hybridized carbons (Fsp3) is 0.750. The first-order chi connectivity index (χ1) is 6.19. The van der Waals surface area contributed by atoms with Crippen LogP contribution in [0.4, 0.5) is 0 Å². The molecule has 72 valence electrons. The molecule has 0 aromatic heterocycles. The maximum absolute atomic E-state index is 11.2. The number of carbonyl (C=O) groups is 1. The molecule has 0 saturated carbocycles. The Morgan fingerprint density at radius 3 is 3.08 bits per heavy atom. The summed E-state index contributed by atoms with van der Waals surface area (Å²) in [6.45, 7) is 0.518. The van der Waals surface area contributed by atoms with E-state index < -0.39 is 12.1 Å². The zero-order chi connectivity index (χ0) is 9.84. The summed E-state index contributed by atoms with van der Waals surface area (Å²) in [6, 6.07) is 1.49. The third-order valence-electron chi connectivity index (χ3n) is 2.13. The standard InChI is InChI=1S/C8H12N2O3/c1-13-8(12)7-4-6(11)5-10(7)3-2-9/h6-7,11H,3-5H2,1H3. The number of likely N-dealkylation sites (tertiary alicyclic amines) is 1. The molecule has 1 aliphatic rings. The molecule has 1 rings (SSSR count). The maximum atomic E-state index is 11.2. The van der Waals surface area contributed by atoms with Crippen molar-refractivity contribution in [3.63, 3.8) is 0 Å². The van der Waals surface area contributed by atoms with Gasteiger partial charge in [-0.15, -0.1) is 0 Å². The van der Waals surface area contributed by atoms with Gasteiger partial charge in [0.15, 0.2) is 0 Å². The lowest BCUT2D eigenvalue weighted by Gasteiger charge is -2.17. The fourth-order valence-corrected chi connectivity index (χ4v) is 1.53. The van der Waals surface area contributed by atoms with Gasteiger partial charge in [-0.3, -0.25) is 9.69 Å². The molecule has 1 aliphatic heterocycles. The van der Waals surface area contributed by atoms with Gasteiger partial charge in [-0.1, -0.05) is 0 Å². The van der Waals surface area contributed by atoms with E-state index in [0.29, 0.717) is 13.0 Å². The molecule has 2 unspecified atom stereocenters. The van der Waals surface area contributed by atoms with Gasteiger partial charge in [0.2, 0.25) is 0 Å². The highest BCUT2D eigenvalue weighted by Gasteiger charge is 2.36. The normalized spacial score (nSPS) is 28.4. The number of aliphatic hydroxyl groups excluding tert-OH is 1. The van der Waals surface area contributed by atoms with E-state index in [4.69, 9.17) is 5.26 Å². The average molecular weight is 184 g/mol. The second kappa shape index (κ2) is 4.21. The van der Waals surface area contributed by atoms with Crippen molar-refractivity contribution in [2.24, 2.45) is 0 Å². The van der Waals surface area contributed by atoms with Crippen LogP contribution < -0.4 is 0 Å². The minimum absolute atomic E-state index is 0.150. The monoisotopic (exact) mass is 184 g/mol. The number of esters is 1. The number of aliphatic hydroxyl groups is 1. The van der Waals surface area contributed by atoms with Gasteiger partial charge in [-0.2, -0.15) is 5.26 Å². The first-order valence-electron chi connectivity index (χ1n) is 4.06. The minimum atomic E-state index is -0.530. The van der Waals surface area contributed by atoms with Gasteiger partial charge >= 0.3 is 5.97 Å². The molecule has 0 amide bonds. The number of rotatable bonds is 2. The Bertz CT molecular complexity index is 236. The number of hydrogen-bond acceptors (Lipinski definition) is 5. The molecule has 0 aromatic carbocycles. The molecule has 0 radical (unpaired) electrons. The number of hydrogen-bond donors (Lipinski definition) is 1. The molecule has 2 atom stereocenters. The van der Waals surface area contributed by atoms with Crippen LogP contribution >= 0.6 is 0 Å². The maximum Gasteiger partial charge on any atom is 0.323 e. The Kier molecular flexibility index (Phi) is 3.23. The molecule has 1 N–H and O–H groups in total. The van der Waals surface area contributed by atoms with E-state index >= 15 is 0 Å².